The summed E-state index contributed by atoms with van der Waals surface area (Å²) in [7, 11) is 0. The second kappa shape index (κ2) is 10.6. The van der Waals surface area contributed by atoms with E-state index in [-0.39, 0.29) is 11.8 Å². The minimum Gasteiger partial charge on any atom is -0.346 e. The average molecular weight is 475 g/mol. The Kier molecular flexibility index (Phi) is 7.62. The minimum absolute atomic E-state index is 0.0819. The molecule has 1 N–H and O–H groups in total. The standard InChI is InChI=1S/C23H34N6O3S/c1-17-16-33-22(24-17)29-13-7-12-28(14-15-29)20(31)9-8-19-25-21(27-32-19)23(26-18(2)30)10-5-3-4-6-11-23/h16H,3-15H2,1-2H3,(H,26,30). The number of hydrogen-bond donors (Lipinski definition) is 1. The summed E-state index contributed by atoms with van der Waals surface area (Å²) in [5.74, 6) is 1.03. The van der Waals surface area contributed by atoms with E-state index in [4.69, 9.17) is 4.52 Å². The number of amides is 2. The molecule has 1 saturated heterocycles. The molecule has 1 aliphatic carbocycles. The van der Waals surface area contributed by atoms with Crippen molar-refractivity contribution in [2.24, 2.45) is 0 Å². The van der Waals surface area contributed by atoms with Gasteiger partial charge in [-0.15, -0.1) is 11.3 Å². The molecule has 3 heterocycles. The number of nitrogens with zero attached hydrogens (tertiary/aromatic N) is 5. The van der Waals surface area contributed by atoms with Crippen molar-refractivity contribution in [3.8, 4) is 0 Å². The van der Waals surface area contributed by atoms with Crippen molar-refractivity contribution in [2.75, 3.05) is 31.1 Å². The number of aryl methyl sites for hydroxylation is 2. The molecule has 2 aromatic heterocycles. The number of carbonyl (C=O) groups is 2. The van der Waals surface area contributed by atoms with Crippen LogP contribution in [0, 0.1) is 6.92 Å². The smallest absolute Gasteiger partial charge is 0.227 e. The Balaban J connectivity index is 1.33. The summed E-state index contributed by atoms with van der Waals surface area (Å²) in [6.45, 7) is 6.69. The first kappa shape index (κ1) is 23.7. The Morgan fingerprint density at radius 3 is 2.58 bits per heavy atom. The predicted octanol–water partition coefficient (Wildman–Crippen LogP) is 3.19. The lowest BCUT2D eigenvalue weighted by molar-refractivity contribution is -0.131. The lowest BCUT2D eigenvalue weighted by atomic mass is 9.89. The summed E-state index contributed by atoms with van der Waals surface area (Å²) in [4.78, 5) is 38.2. The Morgan fingerprint density at radius 2 is 1.88 bits per heavy atom. The summed E-state index contributed by atoms with van der Waals surface area (Å²) in [6.07, 6.45) is 7.64. The van der Waals surface area contributed by atoms with Gasteiger partial charge in [-0.1, -0.05) is 30.8 Å². The van der Waals surface area contributed by atoms with E-state index in [1.165, 1.54) is 6.92 Å². The van der Waals surface area contributed by atoms with E-state index in [0.29, 0.717) is 31.1 Å². The van der Waals surface area contributed by atoms with Gasteiger partial charge in [0.15, 0.2) is 11.0 Å². The zero-order valence-corrected chi connectivity index (χ0v) is 20.5. The molecule has 0 spiro atoms. The van der Waals surface area contributed by atoms with E-state index >= 15 is 0 Å². The van der Waals surface area contributed by atoms with Crippen LogP contribution in [0.15, 0.2) is 9.90 Å². The van der Waals surface area contributed by atoms with Crippen LogP contribution in [0.25, 0.3) is 0 Å². The SMILES string of the molecule is CC(=O)NC1(c2noc(CCC(=O)N3CCCN(c4nc(C)cs4)CC3)n2)CCCCCC1. The van der Waals surface area contributed by atoms with Crippen molar-refractivity contribution in [1.82, 2.24) is 25.3 Å². The first-order chi connectivity index (χ1) is 15.9. The van der Waals surface area contributed by atoms with Crippen LogP contribution in [-0.2, 0) is 21.5 Å². The van der Waals surface area contributed by atoms with E-state index in [0.717, 1.165) is 75.4 Å². The van der Waals surface area contributed by atoms with Gasteiger partial charge in [0, 0.05) is 51.3 Å². The van der Waals surface area contributed by atoms with Crippen molar-refractivity contribution in [1.29, 1.82) is 0 Å². The first-order valence-electron chi connectivity index (χ1n) is 12.0. The zero-order chi connectivity index (χ0) is 23.3. The summed E-state index contributed by atoms with van der Waals surface area (Å²) < 4.78 is 5.51. The molecule has 1 aliphatic heterocycles. The predicted molar refractivity (Wildman–Crippen MR) is 126 cm³/mol. The monoisotopic (exact) mass is 474 g/mol. The van der Waals surface area contributed by atoms with Gasteiger partial charge in [-0.25, -0.2) is 4.98 Å². The molecule has 0 bridgehead atoms. The molecule has 180 valence electrons. The van der Waals surface area contributed by atoms with Gasteiger partial charge in [0.05, 0.1) is 5.69 Å². The van der Waals surface area contributed by atoms with Crippen LogP contribution in [0.5, 0.6) is 0 Å². The fourth-order valence-corrected chi connectivity index (χ4v) is 5.70. The van der Waals surface area contributed by atoms with Gasteiger partial charge < -0.3 is 19.6 Å². The number of rotatable bonds is 6. The number of aromatic nitrogens is 3. The molecule has 9 nitrogen and oxygen atoms in total. The molecule has 10 heteroatoms. The molecular weight excluding hydrogens is 440 g/mol. The second-order valence-electron chi connectivity index (χ2n) is 9.18. The molecule has 4 rings (SSSR count). The van der Waals surface area contributed by atoms with Crippen LogP contribution < -0.4 is 10.2 Å². The van der Waals surface area contributed by atoms with E-state index in [1.54, 1.807) is 11.3 Å². The number of carbonyl (C=O) groups excluding carboxylic acids is 2. The minimum atomic E-state index is -0.559. The maximum absolute atomic E-state index is 12.9. The quantitative estimate of drug-likeness (QED) is 0.641. The fraction of sp³-hybridized carbons (Fsp3) is 0.696. The summed E-state index contributed by atoms with van der Waals surface area (Å²) >= 11 is 1.66. The summed E-state index contributed by atoms with van der Waals surface area (Å²) in [6, 6.07) is 0. The number of thiazole rings is 1. The third-order valence-corrected chi connectivity index (χ3v) is 7.57. The highest BCUT2D eigenvalue weighted by Crippen LogP contribution is 2.34. The molecule has 2 amide bonds. The molecular formula is C23H34N6O3S. The van der Waals surface area contributed by atoms with Crippen LogP contribution in [0.1, 0.15) is 75.7 Å². The largest absolute Gasteiger partial charge is 0.346 e. The highest BCUT2D eigenvalue weighted by atomic mass is 32.1. The lowest BCUT2D eigenvalue weighted by Gasteiger charge is -2.30. The van der Waals surface area contributed by atoms with Crippen LogP contribution >= 0.6 is 11.3 Å². The maximum atomic E-state index is 12.9. The first-order valence-corrected chi connectivity index (χ1v) is 12.9. The van der Waals surface area contributed by atoms with Gasteiger partial charge in [0.25, 0.3) is 0 Å². The molecule has 2 fully saturated rings. The van der Waals surface area contributed by atoms with Gasteiger partial charge in [-0.2, -0.15) is 4.98 Å². The summed E-state index contributed by atoms with van der Waals surface area (Å²) in [5.41, 5.74) is 0.478. The third-order valence-electron chi connectivity index (χ3n) is 6.55. The van der Waals surface area contributed by atoms with Gasteiger partial charge in [-0.3, -0.25) is 9.59 Å². The fourth-order valence-electron chi connectivity index (χ4n) is 4.84. The van der Waals surface area contributed by atoms with E-state index in [1.807, 2.05) is 11.8 Å². The van der Waals surface area contributed by atoms with Crippen LogP contribution in [0.3, 0.4) is 0 Å². The highest BCUT2D eigenvalue weighted by Gasteiger charge is 2.38. The van der Waals surface area contributed by atoms with Gasteiger partial charge in [-0.05, 0) is 26.2 Å². The Hall–Kier alpha value is -2.49. The molecule has 0 atom stereocenters. The van der Waals surface area contributed by atoms with Crippen molar-refractivity contribution in [3.63, 3.8) is 0 Å². The molecule has 0 unspecified atom stereocenters. The number of hydrogen-bond acceptors (Lipinski definition) is 8. The lowest BCUT2D eigenvalue weighted by Crippen LogP contribution is -2.45. The zero-order valence-electron chi connectivity index (χ0n) is 19.6. The Labute approximate surface area is 198 Å². The van der Waals surface area contributed by atoms with Crippen LogP contribution in [0.2, 0.25) is 0 Å². The average Bonchev–Trinajstić information content (AvgIpc) is 3.28. The molecule has 0 aromatic carbocycles. The summed E-state index contributed by atoms with van der Waals surface area (Å²) in [5, 5.41) is 10.4. The molecule has 1 saturated carbocycles. The molecule has 33 heavy (non-hydrogen) atoms. The van der Waals surface area contributed by atoms with E-state index < -0.39 is 5.54 Å². The van der Waals surface area contributed by atoms with Crippen LogP contribution in [0.4, 0.5) is 5.13 Å². The van der Waals surface area contributed by atoms with Crippen LogP contribution in [-0.4, -0.2) is 58.0 Å². The molecule has 2 aliphatic rings. The topological polar surface area (TPSA) is 104 Å². The second-order valence-corrected chi connectivity index (χ2v) is 10.0. The van der Waals surface area contributed by atoms with Crippen molar-refractivity contribution in [3.05, 3.63) is 22.8 Å². The Bertz CT molecular complexity index is 950. The van der Waals surface area contributed by atoms with Crippen molar-refractivity contribution in [2.45, 2.75) is 77.2 Å². The molecule has 0 radical (unpaired) electrons. The van der Waals surface area contributed by atoms with E-state index in [9.17, 15) is 9.59 Å². The normalized spacial score (nSPS) is 19.1. The van der Waals surface area contributed by atoms with E-state index in [2.05, 4.69) is 30.7 Å². The van der Waals surface area contributed by atoms with Gasteiger partial charge in [0.2, 0.25) is 17.7 Å². The van der Waals surface area contributed by atoms with Gasteiger partial charge in [0.1, 0.15) is 5.54 Å². The van der Waals surface area contributed by atoms with Crippen molar-refractivity contribution < 1.29 is 14.1 Å². The third kappa shape index (κ3) is 5.90. The van der Waals surface area contributed by atoms with Crippen molar-refractivity contribution >= 4 is 28.3 Å². The van der Waals surface area contributed by atoms with Gasteiger partial charge >= 0.3 is 0 Å². The maximum Gasteiger partial charge on any atom is 0.227 e. The number of anilines is 1. The molecule has 2 aromatic rings. The highest BCUT2D eigenvalue weighted by molar-refractivity contribution is 7.13. The Morgan fingerprint density at radius 1 is 1.09 bits per heavy atom. The number of nitrogens with one attached hydrogen (secondary N) is 1.